The second-order valence-corrected chi connectivity index (χ2v) is 13.2. The quantitative estimate of drug-likeness (QED) is 0.216. The highest BCUT2D eigenvalue weighted by Crippen LogP contribution is 2.65. The van der Waals surface area contributed by atoms with Crippen molar-refractivity contribution in [1.82, 2.24) is 9.80 Å². The smallest absolute Gasteiger partial charge is 0.253 e. The summed E-state index contributed by atoms with van der Waals surface area (Å²) in [4.78, 5) is 49.2. The maximum Gasteiger partial charge on any atom is 0.253 e. The summed E-state index contributed by atoms with van der Waals surface area (Å²) in [5, 5.41) is 11.4. The van der Waals surface area contributed by atoms with Crippen molar-refractivity contribution in [2.75, 3.05) is 37.7 Å². The van der Waals surface area contributed by atoms with Crippen molar-refractivity contribution in [1.29, 1.82) is 0 Å². The second-order valence-electron chi connectivity index (χ2n) is 13.2. The third-order valence-corrected chi connectivity index (χ3v) is 10.4. The first-order valence-corrected chi connectivity index (χ1v) is 16.6. The van der Waals surface area contributed by atoms with Crippen molar-refractivity contribution in [3.63, 3.8) is 0 Å². The van der Waals surface area contributed by atoms with Crippen LogP contribution in [0.5, 0.6) is 0 Å². The number of aliphatic hydroxyl groups excluding tert-OH is 1. The summed E-state index contributed by atoms with van der Waals surface area (Å²) in [7, 11) is 0. The topological polar surface area (TPSA) is 90.4 Å². The van der Waals surface area contributed by atoms with Crippen molar-refractivity contribution in [2.45, 2.75) is 76.5 Å². The summed E-state index contributed by atoms with van der Waals surface area (Å²) in [5.41, 5.74) is -1.26. The van der Waals surface area contributed by atoms with Crippen LogP contribution < -0.4 is 4.90 Å². The van der Waals surface area contributed by atoms with Gasteiger partial charge < -0.3 is 24.5 Å². The zero-order valence-corrected chi connectivity index (χ0v) is 27.1. The van der Waals surface area contributed by atoms with Gasteiger partial charge in [-0.15, -0.1) is 13.2 Å². The minimum Gasteiger partial charge on any atom is -0.396 e. The van der Waals surface area contributed by atoms with Crippen LogP contribution in [-0.2, 0) is 19.1 Å². The van der Waals surface area contributed by atoms with E-state index >= 15 is 0 Å². The molecule has 3 aliphatic rings. The Bertz CT molecular complexity index is 1440. The van der Waals surface area contributed by atoms with Crippen molar-refractivity contribution in [3.8, 4) is 0 Å². The van der Waals surface area contributed by atoms with Gasteiger partial charge in [-0.25, -0.2) is 0 Å². The normalized spacial score (nSPS) is 28.4. The van der Waals surface area contributed by atoms with Gasteiger partial charge in [-0.3, -0.25) is 14.4 Å². The molecule has 8 heteroatoms. The first kappa shape index (κ1) is 32.9. The Balaban J connectivity index is 1.58. The van der Waals surface area contributed by atoms with Crippen molar-refractivity contribution in [3.05, 3.63) is 67.8 Å². The molecule has 2 aromatic carbocycles. The van der Waals surface area contributed by atoms with Gasteiger partial charge in [-0.1, -0.05) is 69.2 Å². The Morgan fingerprint density at radius 3 is 2.44 bits per heavy atom. The Morgan fingerprint density at radius 1 is 1.04 bits per heavy atom. The van der Waals surface area contributed by atoms with Gasteiger partial charge in [0.1, 0.15) is 11.6 Å². The monoisotopic (exact) mass is 615 g/mol. The zero-order valence-electron chi connectivity index (χ0n) is 27.1. The molecule has 2 aromatic rings. The molecule has 8 nitrogen and oxygen atoms in total. The fourth-order valence-corrected chi connectivity index (χ4v) is 8.24. The fourth-order valence-electron chi connectivity index (χ4n) is 8.24. The molecule has 0 radical (unpaired) electrons. The van der Waals surface area contributed by atoms with Crippen LogP contribution in [0.1, 0.15) is 59.3 Å². The van der Waals surface area contributed by atoms with E-state index in [0.29, 0.717) is 38.9 Å². The molecule has 0 aliphatic carbocycles. The average molecular weight is 616 g/mol. The molecule has 3 fully saturated rings. The maximum atomic E-state index is 15.0. The van der Waals surface area contributed by atoms with Gasteiger partial charge in [0, 0.05) is 38.5 Å². The number of anilines is 1. The minimum atomic E-state index is -1.11. The number of fused-ring (bicyclic) bond motifs is 2. The van der Waals surface area contributed by atoms with Gasteiger partial charge >= 0.3 is 0 Å². The van der Waals surface area contributed by atoms with E-state index in [-0.39, 0.29) is 36.8 Å². The van der Waals surface area contributed by atoms with Gasteiger partial charge in [0.05, 0.1) is 17.4 Å². The highest BCUT2D eigenvalue weighted by molar-refractivity contribution is 6.06. The predicted octanol–water partition coefficient (Wildman–Crippen LogP) is 5.35. The minimum absolute atomic E-state index is 0.0314. The van der Waals surface area contributed by atoms with Crippen LogP contribution in [0, 0.1) is 17.8 Å². The zero-order chi connectivity index (χ0) is 32.4. The van der Waals surface area contributed by atoms with E-state index in [0.717, 1.165) is 35.7 Å². The molecule has 6 atom stereocenters. The molecule has 3 amide bonds. The molecular formula is C37H49N3O5. The van der Waals surface area contributed by atoms with Crippen LogP contribution in [0.25, 0.3) is 10.8 Å². The Hall–Kier alpha value is -3.49. The first-order valence-electron chi connectivity index (χ1n) is 16.6. The molecule has 0 aromatic heterocycles. The van der Waals surface area contributed by atoms with Gasteiger partial charge in [-0.05, 0) is 61.4 Å². The van der Waals surface area contributed by atoms with Gasteiger partial charge in [0.2, 0.25) is 11.8 Å². The fraction of sp³-hybridized carbons (Fsp3) is 0.541. The largest absolute Gasteiger partial charge is 0.396 e. The number of hydrogen-bond donors (Lipinski definition) is 1. The third kappa shape index (κ3) is 5.61. The van der Waals surface area contributed by atoms with Crippen molar-refractivity contribution in [2.24, 2.45) is 17.8 Å². The highest BCUT2D eigenvalue weighted by atomic mass is 16.5. The molecule has 1 N–H and O–H groups in total. The molecule has 45 heavy (non-hydrogen) atoms. The van der Waals surface area contributed by atoms with Gasteiger partial charge in [0.25, 0.3) is 5.91 Å². The number of carbonyl (C=O) groups excluding carboxylic acids is 3. The third-order valence-electron chi connectivity index (χ3n) is 10.4. The van der Waals surface area contributed by atoms with E-state index in [9.17, 15) is 19.5 Å². The Morgan fingerprint density at radius 2 is 1.76 bits per heavy atom. The summed E-state index contributed by atoms with van der Waals surface area (Å²) in [6, 6.07) is 13.1. The van der Waals surface area contributed by atoms with Crippen LogP contribution in [0.15, 0.2) is 67.8 Å². The van der Waals surface area contributed by atoms with Crippen molar-refractivity contribution >= 4 is 34.2 Å². The number of carbonyl (C=O) groups is 3. The molecule has 3 aliphatic heterocycles. The molecule has 0 saturated carbocycles. The summed E-state index contributed by atoms with van der Waals surface area (Å²) in [6.45, 7) is 15.6. The first-order chi connectivity index (χ1) is 21.7. The van der Waals surface area contributed by atoms with Crippen LogP contribution >= 0.6 is 0 Å². The number of ether oxygens (including phenoxy) is 1. The Kier molecular flexibility index (Phi) is 9.85. The highest BCUT2D eigenvalue weighted by Gasteiger charge is 2.80. The maximum absolute atomic E-state index is 15.0. The second kappa shape index (κ2) is 13.5. The van der Waals surface area contributed by atoms with Crippen LogP contribution in [0.2, 0.25) is 0 Å². The summed E-state index contributed by atoms with van der Waals surface area (Å²) in [6.07, 6.45) is 7.80. The lowest BCUT2D eigenvalue weighted by molar-refractivity contribution is -0.151. The molecule has 3 unspecified atom stereocenters. The predicted molar refractivity (Wildman–Crippen MR) is 178 cm³/mol. The van der Waals surface area contributed by atoms with Gasteiger partial charge in [0.15, 0.2) is 0 Å². The summed E-state index contributed by atoms with van der Waals surface area (Å²) >= 11 is 0. The molecule has 3 heterocycles. The molecule has 1 spiro atoms. The van der Waals surface area contributed by atoms with Crippen LogP contribution in [-0.4, -0.2) is 82.7 Å². The van der Waals surface area contributed by atoms with E-state index in [4.69, 9.17) is 4.74 Å². The molecular weight excluding hydrogens is 566 g/mol. The van der Waals surface area contributed by atoms with E-state index < -0.39 is 29.1 Å². The van der Waals surface area contributed by atoms with Gasteiger partial charge in [-0.2, -0.15) is 0 Å². The number of amides is 3. The number of aliphatic hydroxyl groups is 1. The molecule has 242 valence electrons. The molecule has 2 bridgehead atoms. The molecule has 3 saturated heterocycles. The number of benzene rings is 2. The van der Waals surface area contributed by atoms with Crippen molar-refractivity contribution < 1.29 is 24.2 Å². The van der Waals surface area contributed by atoms with E-state index in [1.807, 2.05) is 56.3 Å². The SMILES string of the molecule is C=CCN(CCC)C(=O)[C@H]1[C@H]2C(=O)N(CCCCCCO)C(C(=O)N(CC=C)c3ccc4ccccc4c3)C23CC(C)[C@]1(C)O3. The van der Waals surface area contributed by atoms with Crippen LogP contribution in [0.3, 0.4) is 0 Å². The van der Waals surface area contributed by atoms with E-state index in [1.165, 1.54) is 0 Å². The van der Waals surface area contributed by atoms with E-state index in [1.54, 1.807) is 26.9 Å². The summed E-state index contributed by atoms with van der Waals surface area (Å²) < 4.78 is 7.00. The summed E-state index contributed by atoms with van der Waals surface area (Å²) in [5.74, 6) is -1.95. The number of hydrogen-bond acceptors (Lipinski definition) is 5. The molecule has 5 rings (SSSR count). The lowest BCUT2D eigenvalue weighted by Gasteiger charge is -2.39. The number of nitrogens with zero attached hydrogens (tertiary/aromatic N) is 3. The number of rotatable bonds is 15. The standard InChI is InChI=1S/C37H49N3O5/c1-6-19-38(20-7-2)33(42)30-31-34(43)40(22-13-9-10-14-23-41)32(37(31)25-26(4)36(30,5)45-37)35(44)39(21-8-3)29-18-17-27-15-11-12-16-28(27)24-29/h6,8,11-12,15-18,24,26,30-32,41H,1,3,7,9-10,13-14,19-23,25H2,2,4-5H3/t26?,30-,31+,32?,36+,37?/m1/s1. The lowest BCUT2D eigenvalue weighted by atomic mass is 9.62. The Labute approximate surface area is 267 Å². The van der Waals surface area contributed by atoms with E-state index in [2.05, 4.69) is 20.1 Å². The number of likely N-dealkylation sites (tertiary alicyclic amines) is 1. The number of unbranched alkanes of at least 4 members (excludes halogenated alkanes) is 3. The lowest BCUT2D eigenvalue weighted by Crippen LogP contribution is -2.57. The van der Waals surface area contributed by atoms with Crippen LogP contribution in [0.4, 0.5) is 5.69 Å². The average Bonchev–Trinajstić information content (AvgIpc) is 3.55.